The van der Waals surface area contributed by atoms with Gasteiger partial charge in [0, 0.05) is 36.6 Å². The lowest BCUT2D eigenvalue weighted by molar-refractivity contribution is 0.0569. The summed E-state index contributed by atoms with van der Waals surface area (Å²) in [6.45, 7) is 1.17. The van der Waals surface area contributed by atoms with Crippen molar-refractivity contribution in [1.29, 1.82) is 0 Å². The minimum absolute atomic E-state index is 0.0332. The molecule has 2 aromatic carbocycles. The molecule has 3 heterocycles. The molecule has 0 N–H and O–H groups in total. The summed E-state index contributed by atoms with van der Waals surface area (Å²) in [5.74, 6) is 1.24. The molecule has 0 radical (unpaired) electrons. The van der Waals surface area contributed by atoms with E-state index in [0.29, 0.717) is 30.4 Å². The summed E-state index contributed by atoms with van der Waals surface area (Å²) in [6.07, 6.45) is 3.39. The lowest BCUT2D eigenvalue weighted by Crippen LogP contribution is -2.48. The van der Waals surface area contributed by atoms with Crippen LogP contribution < -0.4 is 0 Å². The minimum Gasteiger partial charge on any atom is -0.339 e. The normalized spacial score (nSPS) is 14.3. The average Bonchev–Trinajstić information content (AvgIpc) is 3.17. The fourth-order valence-corrected chi connectivity index (χ4v) is 3.32. The first-order chi connectivity index (χ1) is 13.3. The zero-order valence-corrected chi connectivity index (χ0v) is 14.4. The van der Waals surface area contributed by atoms with Crippen molar-refractivity contribution in [2.75, 3.05) is 13.1 Å². The fourth-order valence-electron chi connectivity index (χ4n) is 3.32. The number of benzene rings is 2. The van der Waals surface area contributed by atoms with E-state index < -0.39 is 0 Å². The molecule has 1 saturated heterocycles. The Morgan fingerprint density at radius 1 is 1.00 bits per heavy atom. The van der Waals surface area contributed by atoms with Crippen LogP contribution in [0.3, 0.4) is 0 Å². The lowest BCUT2D eigenvalue weighted by atomic mass is 9.98. The van der Waals surface area contributed by atoms with Gasteiger partial charge in [-0.1, -0.05) is 35.5 Å². The molecule has 1 aliphatic heterocycles. The molecule has 132 valence electrons. The van der Waals surface area contributed by atoms with E-state index in [4.69, 9.17) is 4.52 Å². The summed E-state index contributed by atoms with van der Waals surface area (Å²) >= 11 is 0. The van der Waals surface area contributed by atoms with Crippen molar-refractivity contribution in [3.8, 4) is 11.4 Å². The zero-order valence-electron chi connectivity index (χ0n) is 14.4. The number of nitrogens with zero attached hydrogens (tertiary/aromatic N) is 4. The Morgan fingerprint density at radius 2 is 1.78 bits per heavy atom. The van der Waals surface area contributed by atoms with E-state index in [1.165, 1.54) is 0 Å². The van der Waals surface area contributed by atoms with Crippen LogP contribution in [0, 0.1) is 0 Å². The first kappa shape index (κ1) is 15.7. The molecule has 6 heteroatoms. The molecule has 0 unspecified atom stereocenters. The summed E-state index contributed by atoms with van der Waals surface area (Å²) < 4.78 is 5.39. The first-order valence-corrected chi connectivity index (χ1v) is 8.80. The molecule has 0 atom stereocenters. The molecular weight excluding hydrogens is 340 g/mol. The highest BCUT2D eigenvalue weighted by Crippen LogP contribution is 2.29. The van der Waals surface area contributed by atoms with Gasteiger partial charge < -0.3 is 9.42 Å². The topological polar surface area (TPSA) is 72.1 Å². The van der Waals surface area contributed by atoms with Gasteiger partial charge in [0.25, 0.3) is 5.91 Å². The number of carbonyl (C=O) groups is 1. The SMILES string of the molecule is O=C(c1ccc2ccccc2c1)N1CC(c2nc(-c3ccncc3)no2)C1. The van der Waals surface area contributed by atoms with Gasteiger partial charge in [0.15, 0.2) is 0 Å². The van der Waals surface area contributed by atoms with Crippen molar-refractivity contribution >= 4 is 16.7 Å². The molecule has 6 nitrogen and oxygen atoms in total. The third-order valence-corrected chi connectivity index (χ3v) is 4.89. The van der Waals surface area contributed by atoms with Crippen LogP contribution in [0.5, 0.6) is 0 Å². The zero-order chi connectivity index (χ0) is 18.2. The van der Waals surface area contributed by atoms with E-state index in [1.54, 1.807) is 12.4 Å². The lowest BCUT2D eigenvalue weighted by Gasteiger charge is -2.37. The predicted octanol–water partition coefficient (Wildman–Crippen LogP) is 3.52. The van der Waals surface area contributed by atoms with Gasteiger partial charge in [0.1, 0.15) is 0 Å². The van der Waals surface area contributed by atoms with E-state index >= 15 is 0 Å². The van der Waals surface area contributed by atoms with E-state index in [2.05, 4.69) is 15.1 Å². The third-order valence-electron chi connectivity index (χ3n) is 4.89. The first-order valence-electron chi connectivity index (χ1n) is 8.80. The molecular formula is C21H16N4O2. The average molecular weight is 356 g/mol. The van der Waals surface area contributed by atoms with Crippen LogP contribution in [-0.2, 0) is 0 Å². The monoisotopic (exact) mass is 356 g/mol. The summed E-state index contributed by atoms with van der Waals surface area (Å²) in [5, 5.41) is 6.23. The maximum atomic E-state index is 12.7. The third kappa shape index (κ3) is 2.85. The predicted molar refractivity (Wildman–Crippen MR) is 100 cm³/mol. The van der Waals surface area contributed by atoms with Crippen molar-refractivity contribution in [2.45, 2.75) is 5.92 Å². The van der Waals surface area contributed by atoms with E-state index in [1.807, 2.05) is 59.5 Å². The van der Waals surface area contributed by atoms with E-state index in [0.717, 1.165) is 16.3 Å². The van der Waals surface area contributed by atoms with Crippen molar-refractivity contribution in [3.63, 3.8) is 0 Å². The van der Waals surface area contributed by atoms with Crippen LogP contribution in [0.1, 0.15) is 22.2 Å². The quantitative estimate of drug-likeness (QED) is 0.561. The number of aromatic nitrogens is 3. The van der Waals surface area contributed by atoms with Gasteiger partial charge in [-0.05, 0) is 35.0 Å². The van der Waals surface area contributed by atoms with Crippen molar-refractivity contribution in [2.24, 2.45) is 0 Å². The van der Waals surface area contributed by atoms with Crippen LogP contribution in [0.4, 0.5) is 0 Å². The van der Waals surface area contributed by atoms with Crippen molar-refractivity contribution in [1.82, 2.24) is 20.0 Å². The second kappa shape index (κ2) is 6.32. The Hall–Kier alpha value is -3.54. The van der Waals surface area contributed by atoms with Crippen LogP contribution >= 0.6 is 0 Å². The van der Waals surface area contributed by atoms with Gasteiger partial charge in [-0.3, -0.25) is 9.78 Å². The van der Waals surface area contributed by atoms with Crippen molar-refractivity contribution in [3.05, 3.63) is 78.4 Å². The number of carbonyl (C=O) groups excluding carboxylic acids is 1. The highest BCUT2D eigenvalue weighted by atomic mass is 16.5. The van der Waals surface area contributed by atoms with Gasteiger partial charge in [-0.25, -0.2) is 0 Å². The Labute approximate surface area is 155 Å². The highest BCUT2D eigenvalue weighted by molar-refractivity contribution is 5.99. The maximum absolute atomic E-state index is 12.7. The Bertz CT molecular complexity index is 1120. The van der Waals surface area contributed by atoms with Gasteiger partial charge in [-0.2, -0.15) is 4.98 Å². The molecule has 2 aromatic heterocycles. The molecule has 4 aromatic rings. The van der Waals surface area contributed by atoms with Crippen LogP contribution in [-0.4, -0.2) is 39.0 Å². The van der Waals surface area contributed by atoms with Gasteiger partial charge in [0.2, 0.25) is 11.7 Å². The number of fused-ring (bicyclic) bond motifs is 1. The molecule has 5 rings (SSSR count). The molecule has 0 saturated carbocycles. The van der Waals surface area contributed by atoms with E-state index in [9.17, 15) is 4.79 Å². The van der Waals surface area contributed by atoms with E-state index in [-0.39, 0.29) is 11.8 Å². The van der Waals surface area contributed by atoms with Crippen LogP contribution in [0.25, 0.3) is 22.2 Å². The van der Waals surface area contributed by atoms with Crippen LogP contribution in [0.15, 0.2) is 71.5 Å². The number of hydrogen-bond donors (Lipinski definition) is 0. The summed E-state index contributed by atoms with van der Waals surface area (Å²) in [6, 6.07) is 17.5. The molecule has 1 amide bonds. The second-order valence-electron chi connectivity index (χ2n) is 6.66. The van der Waals surface area contributed by atoms with Gasteiger partial charge >= 0.3 is 0 Å². The fraction of sp³-hybridized carbons (Fsp3) is 0.143. The van der Waals surface area contributed by atoms with Crippen molar-refractivity contribution < 1.29 is 9.32 Å². The molecule has 1 fully saturated rings. The number of pyridine rings is 1. The van der Waals surface area contributed by atoms with Gasteiger partial charge in [-0.15, -0.1) is 0 Å². The molecule has 0 bridgehead atoms. The largest absolute Gasteiger partial charge is 0.339 e. The summed E-state index contributed by atoms with van der Waals surface area (Å²) in [5.41, 5.74) is 1.57. The Balaban J connectivity index is 1.29. The summed E-state index contributed by atoms with van der Waals surface area (Å²) in [4.78, 5) is 23.0. The number of hydrogen-bond acceptors (Lipinski definition) is 5. The number of rotatable bonds is 3. The number of likely N-dealkylation sites (tertiary alicyclic amines) is 1. The maximum Gasteiger partial charge on any atom is 0.253 e. The molecule has 0 spiro atoms. The minimum atomic E-state index is 0.0332. The molecule has 0 aliphatic carbocycles. The molecule has 1 aliphatic rings. The summed E-state index contributed by atoms with van der Waals surface area (Å²) in [7, 11) is 0. The Morgan fingerprint density at radius 3 is 2.59 bits per heavy atom. The smallest absolute Gasteiger partial charge is 0.253 e. The highest BCUT2D eigenvalue weighted by Gasteiger charge is 2.36. The number of amides is 1. The Kier molecular flexibility index (Phi) is 3.67. The standard InChI is InChI=1S/C21H16N4O2/c26-21(17-6-5-14-3-1-2-4-16(14)11-17)25-12-18(13-25)20-23-19(24-27-20)15-7-9-22-10-8-15/h1-11,18H,12-13H2. The molecule has 27 heavy (non-hydrogen) atoms. The second-order valence-corrected chi connectivity index (χ2v) is 6.66. The van der Waals surface area contributed by atoms with Gasteiger partial charge in [0.05, 0.1) is 5.92 Å². The van der Waals surface area contributed by atoms with Crippen LogP contribution in [0.2, 0.25) is 0 Å².